The van der Waals surface area contributed by atoms with Crippen LogP contribution in [0.5, 0.6) is 0 Å². The molecule has 2 nitrogen and oxygen atoms in total. The van der Waals surface area contributed by atoms with E-state index in [2.05, 4.69) is 20.8 Å². The van der Waals surface area contributed by atoms with Crippen LogP contribution in [0.25, 0.3) is 0 Å². The van der Waals surface area contributed by atoms with Crippen molar-refractivity contribution in [1.82, 2.24) is 0 Å². The molecule has 0 unspecified atom stereocenters. The van der Waals surface area contributed by atoms with Crippen LogP contribution in [0.2, 0.25) is 0 Å². The number of hydrogen-bond acceptors (Lipinski definition) is 1. The highest BCUT2D eigenvalue weighted by Gasteiger charge is 2.24. The smallest absolute Gasteiger partial charge is 0.303 e. The Kier molecular flexibility index (Phi) is 12.8. The number of carbonyl (C=O) groups is 1. The normalized spacial score (nSPS) is 11.8. The Morgan fingerprint density at radius 3 is 1.57 bits per heavy atom. The molecule has 0 atom stereocenters. The summed E-state index contributed by atoms with van der Waals surface area (Å²) < 4.78 is 0. The van der Waals surface area contributed by atoms with E-state index in [0.717, 1.165) is 6.42 Å². The van der Waals surface area contributed by atoms with Crippen LogP contribution in [0, 0.1) is 5.41 Å². The average molecular weight is 299 g/mol. The Balaban J connectivity index is 4.04. The third-order valence-corrected chi connectivity index (χ3v) is 4.71. The van der Waals surface area contributed by atoms with Gasteiger partial charge in [-0.2, -0.15) is 0 Å². The minimum atomic E-state index is -0.641. The summed E-state index contributed by atoms with van der Waals surface area (Å²) in [5.41, 5.74) is 0.247. The number of rotatable bonds is 15. The molecule has 0 fully saturated rings. The molecule has 0 spiro atoms. The number of carboxylic acids is 1. The van der Waals surface area contributed by atoms with E-state index in [4.69, 9.17) is 5.11 Å². The van der Waals surface area contributed by atoms with E-state index < -0.39 is 5.97 Å². The summed E-state index contributed by atoms with van der Waals surface area (Å²) in [7, 11) is 0. The van der Waals surface area contributed by atoms with Gasteiger partial charge in [0, 0.05) is 6.42 Å². The zero-order valence-electron chi connectivity index (χ0n) is 14.8. The lowest BCUT2D eigenvalue weighted by Gasteiger charge is -2.29. The Hall–Kier alpha value is -0.530. The van der Waals surface area contributed by atoms with Gasteiger partial charge < -0.3 is 5.11 Å². The molecule has 0 radical (unpaired) electrons. The maximum absolute atomic E-state index is 10.9. The number of unbranched alkanes of at least 4 members (excludes halogenated alkanes) is 8. The standard InChI is InChI=1S/C19H38O2/c1-4-6-8-10-12-15-19(3,17-14-18(20)21)16-13-11-9-7-5-2/h4-17H2,1-3H3,(H,20,21). The van der Waals surface area contributed by atoms with Crippen LogP contribution in [-0.4, -0.2) is 11.1 Å². The Morgan fingerprint density at radius 1 is 0.762 bits per heavy atom. The third-order valence-electron chi connectivity index (χ3n) is 4.71. The van der Waals surface area contributed by atoms with Gasteiger partial charge in [0.25, 0.3) is 0 Å². The molecule has 0 aromatic carbocycles. The van der Waals surface area contributed by atoms with Crippen LogP contribution in [0.1, 0.15) is 111 Å². The predicted octanol–water partition coefficient (Wildman–Crippen LogP) is 6.58. The quantitative estimate of drug-likeness (QED) is 0.347. The lowest BCUT2D eigenvalue weighted by atomic mass is 9.76. The van der Waals surface area contributed by atoms with Crippen LogP contribution in [0.15, 0.2) is 0 Å². The molecule has 126 valence electrons. The molecule has 0 saturated carbocycles. The SMILES string of the molecule is CCCCCCCC(C)(CCCCCCC)CCC(=O)O. The Bertz CT molecular complexity index is 234. The van der Waals surface area contributed by atoms with Crippen LogP contribution in [-0.2, 0) is 4.79 Å². The largest absolute Gasteiger partial charge is 0.481 e. The lowest BCUT2D eigenvalue weighted by molar-refractivity contribution is -0.137. The molecule has 0 aromatic rings. The van der Waals surface area contributed by atoms with Gasteiger partial charge in [-0.3, -0.25) is 4.79 Å². The molecule has 0 bridgehead atoms. The van der Waals surface area contributed by atoms with Gasteiger partial charge >= 0.3 is 5.97 Å². The van der Waals surface area contributed by atoms with Crippen LogP contribution in [0.4, 0.5) is 0 Å². The average Bonchev–Trinajstić information content (AvgIpc) is 2.45. The van der Waals surface area contributed by atoms with Gasteiger partial charge in [-0.1, -0.05) is 85.0 Å². The minimum Gasteiger partial charge on any atom is -0.481 e. The summed E-state index contributed by atoms with van der Waals surface area (Å²) in [6.07, 6.45) is 16.7. The van der Waals surface area contributed by atoms with Gasteiger partial charge in [-0.15, -0.1) is 0 Å². The fourth-order valence-corrected chi connectivity index (χ4v) is 3.09. The predicted molar refractivity (Wildman–Crippen MR) is 91.7 cm³/mol. The highest BCUT2D eigenvalue weighted by molar-refractivity contribution is 5.66. The van der Waals surface area contributed by atoms with E-state index in [1.165, 1.54) is 77.0 Å². The topological polar surface area (TPSA) is 37.3 Å². The second-order valence-corrected chi connectivity index (χ2v) is 7.03. The van der Waals surface area contributed by atoms with E-state index in [1.54, 1.807) is 0 Å². The number of carboxylic acid groups (broad SMARTS) is 1. The summed E-state index contributed by atoms with van der Waals surface area (Å²) in [6, 6.07) is 0. The van der Waals surface area contributed by atoms with Crippen molar-refractivity contribution in [3.63, 3.8) is 0 Å². The van der Waals surface area contributed by atoms with Crippen molar-refractivity contribution in [1.29, 1.82) is 0 Å². The summed E-state index contributed by atoms with van der Waals surface area (Å²) >= 11 is 0. The molecule has 0 aliphatic heterocycles. The van der Waals surface area contributed by atoms with Gasteiger partial charge in [0.2, 0.25) is 0 Å². The van der Waals surface area contributed by atoms with Crippen molar-refractivity contribution < 1.29 is 9.90 Å². The van der Waals surface area contributed by atoms with Crippen molar-refractivity contribution in [2.24, 2.45) is 5.41 Å². The molecule has 0 saturated heterocycles. The molecule has 2 heteroatoms. The van der Waals surface area contributed by atoms with Gasteiger partial charge in [-0.05, 0) is 24.7 Å². The number of aliphatic carboxylic acids is 1. The summed E-state index contributed by atoms with van der Waals surface area (Å²) in [6.45, 7) is 6.80. The molecule has 0 aromatic heterocycles. The van der Waals surface area contributed by atoms with Crippen LogP contribution >= 0.6 is 0 Å². The zero-order valence-corrected chi connectivity index (χ0v) is 14.8. The molecule has 0 rings (SSSR count). The lowest BCUT2D eigenvalue weighted by Crippen LogP contribution is -2.18. The van der Waals surface area contributed by atoms with E-state index >= 15 is 0 Å². The second-order valence-electron chi connectivity index (χ2n) is 7.03. The van der Waals surface area contributed by atoms with E-state index in [1.807, 2.05) is 0 Å². The van der Waals surface area contributed by atoms with E-state index in [-0.39, 0.29) is 5.41 Å². The summed E-state index contributed by atoms with van der Waals surface area (Å²) in [5.74, 6) is -0.641. The Morgan fingerprint density at radius 2 is 1.19 bits per heavy atom. The molecular formula is C19H38O2. The first-order chi connectivity index (χ1) is 10.0. The molecule has 0 aliphatic carbocycles. The maximum Gasteiger partial charge on any atom is 0.303 e. The van der Waals surface area contributed by atoms with Crippen LogP contribution in [0.3, 0.4) is 0 Å². The molecule has 21 heavy (non-hydrogen) atoms. The fraction of sp³-hybridized carbons (Fsp3) is 0.947. The van der Waals surface area contributed by atoms with Gasteiger partial charge in [0.1, 0.15) is 0 Å². The molecular weight excluding hydrogens is 260 g/mol. The summed E-state index contributed by atoms with van der Waals surface area (Å²) in [4.78, 5) is 10.9. The van der Waals surface area contributed by atoms with Gasteiger partial charge in [0.05, 0.1) is 0 Å². The first-order valence-electron chi connectivity index (χ1n) is 9.26. The molecule has 1 N–H and O–H groups in total. The van der Waals surface area contributed by atoms with Crippen molar-refractivity contribution in [3.8, 4) is 0 Å². The van der Waals surface area contributed by atoms with E-state index in [9.17, 15) is 4.79 Å². The minimum absolute atomic E-state index is 0.247. The van der Waals surface area contributed by atoms with Crippen molar-refractivity contribution >= 4 is 5.97 Å². The monoisotopic (exact) mass is 298 g/mol. The van der Waals surface area contributed by atoms with Gasteiger partial charge in [0.15, 0.2) is 0 Å². The third kappa shape index (κ3) is 12.9. The van der Waals surface area contributed by atoms with Crippen molar-refractivity contribution in [2.75, 3.05) is 0 Å². The van der Waals surface area contributed by atoms with Crippen LogP contribution < -0.4 is 0 Å². The molecule has 0 heterocycles. The highest BCUT2D eigenvalue weighted by atomic mass is 16.4. The fourth-order valence-electron chi connectivity index (χ4n) is 3.09. The Labute approximate surface area is 132 Å². The highest BCUT2D eigenvalue weighted by Crippen LogP contribution is 2.36. The first-order valence-corrected chi connectivity index (χ1v) is 9.26. The number of hydrogen-bond donors (Lipinski definition) is 1. The first kappa shape index (κ1) is 20.5. The zero-order chi connectivity index (χ0) is 16.0. The molecule has 0 aliphatic rings. The van der Waals surface area contributed by atoms with Crippen molar-refractivity contribution in [2.45, 2.75) is 111 Å². The van der Waals surface area contributed by atoms with Crippen molar-refractivity contribution in [3.05, 3.63) is 0 Å². The maximum atomic E-state index is 10.9. The molecule has 0 amide bonds. The second kappa shape index (κ2) is 13.2. The summed E-state index contributed by atoms with van der Waals surface area (Å²) in [5, 5.41) is 8.96. The van der Waals surface area contributed by atoms with Gasteiger partial charge in [-0.25, -0.2) is 0 Å². The van der Waals surface area contributed by atoms with E-state index in [0.29, 0.717) is 6.42 Å².